The van der Waals surface area contributed by atoms with Gasteiger partial charge in [-0.05, 0) is 31.5 Å². The van der Waals surface area contributed by atoms with Crippen molar-refractivity contribution in [2.75, 3.05) is 20.1 Å². The van der Waals surface area contributed by atoms with Gasteiger partial charge in [0.05, 0.1) is 0 Å². The fraction of sp³-hybridized carbons (Fsp3) is 0.615. The minimum atomic E-state index is 0.782. The number of pyridine rings is 1. The molecule has 2 unspecified atom stereocenters. The summed E-state index contributed by atoms with van der Waals surface area (Å²) in [5.74, 6) is 0. The van der Waals surface area contributed by atoms with Gasteiger partial charge in [0.15, 0.2) is 0 Å². The second kappa shape index (κ2) is 3.82. The van der Waals surface area contributed by atoms with Gasteiger partial charge in [-0.25, -0.2) is 0 Å². The summed E-state index contributed by atoms with van der Waals surface area (Å²) in [6.45, 7) is 5.66. The highest BCUT2D eigenvalue weighted by molar-refractivity contribution is 5.18. The van der Waals surface area contributed by atoms with Crippen molar-refractivity contribution in [1.82, 2.24) is 14.8 Å². The van der Waals surface area contributed by atoms with Gasteiger partial charge in [-0.1, -0.05) is 6.07 Å². The van der Waals surface area contributed by atoms with E-state index in [1.54, 1.807) is 0 Å². The summed E-state index contributed by atoms with van der Waals surface area (Å²) in [7, 11) is 2.23. The molecule has 0 radical (unpaired) electrons. The molecule has 2 aliphatic heterocycles. The van der Waals surface area contributed by atoms with Crippen LogP contribution in [0.1, 0.15) is 17.5 Å². The average Bonchev–Trinajstić information content (AvgIpc) is 2.26. The fourth-order valence-corrected chi connectivity index (χ4v) is 3.07. The summed E-state index contributed by atoms with van der Waals surface area (Å²) in [5.41, 5.74) is 2.62. The zero-order valence-electron chi connectivity index (χ0n) is 10.1. The number of hydrogen-bond acceptors (Lipinski definition) is 3. The van der Waals surface area contributed by atoms with E-state index in [2.05, 4.69) is 34.8 Å². The lowest BCUT2D eigenvalue weighted by molar-refractivity contribution is -0.0668. The Morgan fingerprint density at radius 3 is 2.75 bits per heavy atom. The minimum absolute atomic E-state index is 0.782. The number of likely N-dealkylation sites (N-methyl/N-ethyl adjacent to an activating group) is 1. The van der Waals surface area contributed by atoms with Crippen LogP contribution in [0.4, 0.5) is 0 Å². The first-order valence-electron chi connectivity index (χ1n) is 6.07. The smallest absolute Gasteiger partial charge is 0.0313 e. The monoisotopic (exact) mass is 217 g/mol. The lowest BCUT2D eigenvalue weighted by Gasteiger charge is -2.55. The molecule has 0 spiro atoms. The lowest BCUT2D eigenvalue weighted by atomic mass is 9.87. The standard InChI is InChI=1S/C13H19N3/c1-10-3-11(6-14-5-10)7-16-12-4-13(16)9-15(2)8-12/h3,5-6,12-13H,4,7-9H2,1-2H3. The minimum Gasteiger partial charge on any atom is -0.303 e. The van der Waals surface area contributed by atoms with E-state index in [-0.39, 0.29) is 0 Å². The molecule has 3 nitrogen and oxygen atoms in total. The van der Waals surface area contributed by atoms with E-state index >= 15 is 0 Å². The van der Waals surface area contributed by atoms with Gasteiger partial charge in [0, 0.05) is 44.1 Å². The molecule has 3 heterocycles. The van der Waals surface area contributed by atoms with E-state index in [4.69, 9.17) is 0 Å². The van der Waals surface area contributed by atoms with Crippen molar-refractivity contribution in [3.05, 3.63) is 29.6 Å². The van der Waals surface area contributed by atoms with Crippen LogP contribution in [0.3, 0.4) is 0 Å². The molecule has 3 heteroatoms. The third-order valence-corrected chi connectivity index (χ3v) is 3.82. The van der Waals surface area contributed by atoms with E-state index in [0.717, 1.165) is 18.6 Å². The highest BCUT2D eigenvalue weighted by atomic mass is 15.3. The van der Waals surface area contributed by atoms with Crippen LogP contribution >= 0.6 is 0 Å². The zero-order valence-corrected chi connectivity index (χ0v) is 10.1. The quantitative estimate of drug-likeness (QED) is 0.744. The topological polar surface area (TPSA) is 19.4 Å². The summed E-state index contributed by atoms with van der Waals surface area (Å²) >= 11 is 0. The number of nitrogens with zero attached hydrogens (tertiary/aromatic N) is 3. The zero-order chi connectivity index (χ0) is 11.1. The van der Waals surface area contributed by atoms with Crippen LogP contribution in [-0.2, 0) is 6.54 Å². The van der Waals surface area contributed by atoms with E-state index in [1.807, 2.05) is 12.4 Å². The third kappa shape index (κ3) is 1.74. The van der Waals surface area contributed by atoms with Crippen molar-refractivity contribution in [2.45, 2.75) is 32.0 Å². The van der Waals surface area contributed by atoms with Gasteiger partial charge >= 0.3 is 0 Å². The van der Waals surface area contributed by atoms with Gasteiger partial charge in [-0.3, -0.25) is 9.88 Å². The Hall–Kier alpha value is -0.930. The summed E-state index contributed by atoms with van der Waals surface area (Å²) in [6.07, 6.45) is 5.32. The number of hydrogen-bond donors (Lipinski definition) is 0. The average molecular weight is 217 g/mol. The molecular formula is C13H19N3. The Morgan fingerprint density at radius 1 is 1.31 bits per heavy atom. The summed E-state index contributed by atoms with van der Waals surface area (Å²) in [5, 5.41) is 0. The van der Waals surface area contributed by atoms with Crippen molar-refractivity contribution in [2.24, 2.45) is 0 Å². The van der Waals surface area contributed by atoms with Crippen molar-refractivity contribution < 1.29 is 0 Å². The van der Waals surface area contributed by atoms with E-state index in [1.165, 1.54) is 30.6 Å². The number of aryl methyl sites for hydroxylation is 1. The van der Waals surface area contributed by atoms with Crippen molar-refractivity contribution in [3.8, 4) is 0 Å². The molecule has 16 heavy (non-hydrogen) atoms. The summed E-state index contributed by atoms with van der Waals surface area (Å²) < 4.78 is 0. The molecule has 0 amide bonds. The molecule has 86 valence electrons. The van der Waals surface area contributed by atoms with Crippen LogP contribution in [0.2, 0.25) is 0 Å². The predicted molar refractivity (Wildman–Crippen MR) is 64.2 cm³/mol. The number of likely N-dealkylation sites (tertiary alicyclic amines) is 2. The SMILES string of the molecule is Cc1cncc(CN2C3CC2CN(C)C3)c1. The first-order chi connectivity index (χ1) is 7.72. The Bertz CT molecular complexity index is 379. The van der Waals surface area contributed by atoms with E-state index in [0.29, 0.717) is 0 Å². The molecule has 2 bridgehead atoms. The molecule has 0 saturated carbocycles. The van der Waals surface area contributed by atoms with Gasteiger partial charge in [-0.2, -0.15) is 0 Å². The Kier molecular flexibility index (Phi) is 2.45. The molecule has 0 aliphatic carbocycles. The molecule has 0 aromatic carbocycles. The number of fused-ring (bicyclic) bond motifs is 2. The highest BCUT2D eigenvalue weighted by Gasteiger charge is 2.42. The first kappa shape index (κ1) is 10.2. The van der Waals surface area contributed by atoms with Gasteiger partial charge in [0.25, 0.3) is 0 Å². The molecule has 2 aliphatic rings. The van der Waals surface area contributed by atoms with Crippen molar-refractivity contribution in [1.29, 1.82) is 0 Å². The molecule has 2 saturated heterocycles. The maximum absolute atomic E-state index is 4.27. The van der Waals surface area contributed by atoms with E-state index < -0.39 is 0 Å². The second-order valence-corrected chi connectivity index (χ2v) is 5.31. The molecule has 1 aromatic heterocycles. The molecule has 2 fully saturated rings. The molecular weight excluding hydrogens is 198 g/mol. The van der Waals surface area contributed by atoms with Gasteiger partial charge in [-0.15, -0.1) is 0 Å². The Morgan fingerprint density at radius 2 is 2.06 bits per heavy atom. The first-order valence-corrected chi connectivity index (χ1v) is 6.07. The van der Waals surface area contributed by atoms with Crippen LogP contribution in [0.5, 0.6) is 0 Å². The molecule has 3 rings (SSSR count). The summed E-state index contributed by atoms with van der Waals surface area (Å²) in [6, 6.07) is 3.82. The van der Waals surface area contributed by atoms with Crippen LogP contribution in [0.25, 0.3) is 0 Å². The summed E-state index contributed by atoms with van der Waals surface area (Å²) in [4.78, 5) is 9.35. The maximum atomic E-state index is 4.27. The fourth-order valence-electron chi connectivity index (χ4n) is 3.07. The highest BCUT2D eigenvalue weighted by Crippen LogP contribution is 2.32. The van der Waals surface area contributed by atoms with Crippen LogP contribution < -0.4 is 0 Å². The Labute approximate surface area is 97.1 Å². The van der Waals surface area contributed by atoms with Gasteiger partial charge in [0.2, 0.25) is 0 Å². The molecule has 2 atom stereocenters. The van der Waals surface area contributed by atoms with Gasteiger partial charge in [0.1, 0.15) is 0 Å². The molecule has 1 aromatic rings. The van der Waals surface area contributed by atoms with Crippen molar-refractivity contribution >= 4 is 0 Å². The van der Waals surface area contributed by atoms with Gasteiger partial charge < -0.3 is 4.90 Å². The lowest BCUT2D eigenvalue weighted by Crippen LogP contribution is -2.67. The third-order valence-electron chi connectivity index (χ3n) is 3.82. The Balaban J connectivity index is 1.68. The van der Waals surface area contributed by atoms with Crippen LogP contribution in [0, 0.1) is 6.92 Å². The number of piperidine rings is 1. The number of piperazine rings is 1. The van der Waals surface area contributed by atoms with Crippen LogP contribution in [0.15, 0.2) is 18.5 Å². The number of rotatable bonds is 2. The predicted octanol–water partition coefficient (Wildman–Crippen LogP) is 1.28. The largest absolute Gasteiger partial charge is 0.303 e. The van der Waals surface area contributed by atoms with Crippen LogP contribution in [-0.4, -0.2) is 47.0 Å². The second-order valence-electron chi connectivity index (χ2n) is 5.31. The normalized spacial score (nSPS) is 30.1. The van der Waals surface area contributed by atoms with Crippen molar-refractivity contribution in [3.63, 3.8) is 0 Å². The maximum Gasteiger partial charge on any atom is 0.0313 e. The van der Waals surface area contributed by atoms with E-state index in [9.17, 15) is 0 Å². The number of aromatic nitrogens is 1. The molecule has 0 N–H and O–H groups in total.